The molecule has 36 heavy (non-hydrogen) atoms. The zero-order valence-electron chi connectivity index (χ0n) is 21.0. The third-order valence-electron chi connectivity index (χ3n) is 7.37. The van der Waals surface area contributed by atoms with Gasteiger partial charge in [0.25, 0.3) is 5.56 Å². The smallest absolute Gasteiger partial charge is 0.364 e. The summed E-state index contributed by atoms with van der Waals surface area (Å²) in [6, 6.07) is 8.98. The Bertz CT molecular complexity index is 1340. The van der Waals surface area contributed by atoms with Crippen molar-refractivity contribution in [1.29, 1.82) is 5.26 Å². The number of rotatable bonds is 6. The van der Waals surface area contributed by atoms with Gasteiger partial charge in [-0.15, -0.1) is 0 Å². The molecule has 0 N–H and O–H groups in total. The average molecular weight is 501 g/mol. The van der Waals surface area contributed by atoms with Crippen molar-refractivity contribution in [1.82, 2.24) is 19.2 Å². The van der Waals surface area contributed by atoms with Gasteiger partial charge in [-0.25, -0.2) is 0 Å². The molecule has 1 aromatic carbocycles. The van der Waals surface area contributed by atoms with E-state index in [0.717, 1.165) is 18.9 Å². The third-order valence-corrected chi connectivity index (χ3v) is 7.37. The largest absolute Gasteiger partial charge is 0.416 e. The lowest BCUT2D eigenvalue weighted by molar-refractivity contribution is -0.138. The first-order chi connectivity index (χ1) is 17.1. The fourth-order valence-corrected chi connectivity index (χ4v) is 5.36. The van der Waals surface area contributed by atoms with Crippen LogP contribution in [0.2, 0.25) is 0 Å². The van der Waals surface area contributed by atoms with Crippen molar-refractivity contribution in [2.75, 3.05) is 18.0 Å². The molecule has 3 aromatic rings. The van der Waals surface area contributed by atoms with Gasteiger partial charge in [0.15, 0.2) is 0 Å². The van der Waals surface area contributed by atoms with Crippen LogP contribution in [0, 0.1) is 11.3 Å². The molecule has 3 heterocycles. The molecule has 192 valence electrons. The van der Waals surface area contributed by atoms with Gasteiger partial charge in [-0.1, -0.05) is 32.0 Å². The summed E-state index contributed by atoms with van der Waals surface area (Å²) in [4.78, 5) is 17.2. The quantitative estimate of drug-likeness (QED) is 0.490. The van der Waals surface area contributed by atoms with Gasteiger partial charge in [0.1, 0.15) is 12.1 Å². The Kier molecular flexibility index (Phi) is 7.14. The highest BCUT2D eigenvalue weighted by molar-refractivity contribution is 5.88. The van der Waals surface area contributed by atoms with E-state index in [-0.39, 0.29) is 29.8 Å². The lowest BCUT2D eigenvalue weighted by atomic mass is 9.94. The SMILES string of the molecule is CC[C@H]1CN([C@@H](C)c2ccccc2C(F)(F)F)[C@H](CC)CN1c1cc(=O)n(C)c2cn(CC#N)nc12. The van der Waals surface area contributed by atoms with Crippen molar-refractivity contribution < 1.29 is 13.2 Å². The van der Waals surface area contributed by atoms with Crippen LogP contribution in [-0.2, 0) is 19.8 Å². The molecule has 2 aromatic heterocycles. The van der Waals surface area contributed by atoms with Crippen LogP contribution in [0.15, 0.2) is 41.3 Å². The van der Waals surface area contributed by atoms with Gasteiger partial charge in [-0.3, -0.25) is 14.4 Å². The van der Waals surface area contributed by atoms with E-state index in [1.165, 1.54) is 15.3 Å². The molecule has 0 radical (unpaired) electrons. The van der Waals surface area contributed by atoms with Crippen LogP contribution in [0.1, 0.15) is 50.8 Å². The van der Waals surface area contributed by atoms with Crippen molar-refractivity contribution in [3.8, 4) is 6.07 Å². The number of hydrogen-bond acceptors (Lipinski definition) is 5. The molecule has 3 atom stereocenters. The van der Waals surface area contributed by atoms with Crippen molar-refractivity contribution in [2.24, 2.45) is 7.05 Å². The molecular weight excluding hydrogens is 469 g/mol. The fourth-order valence-electron chi connectivity index (χ4n) is 5.36. The first-order valence-corrected chi connectivity index (χ1v) is 12.2. The number of benzene rings is 1. The molecule has 0 bridgehead atoms. The number of nitrogens with zero attached hydrogens (tertiary/aromatic N) is 6. The summed E-state index contributed by atoms with van der Waals surface area (Å²) in [5.74, 6) is 0. The minimum absolute atomic E-state index is 0.0234. The van der Waals surface area contributed by atoms with Crippen LogP contribution in [0.4, 0.5) is 18.9 Å². The van der Waals surface area contributed by atoms with Gasteiger partial charge in [0, 0.05) is 44.3 Å². The van der Waals surface area contributed by atoms with Crippen LogP contribution in [-0.4, -0.2) is 44.4 Å². The van der Waals surface area contributed by atoms with Crippen LogP contribution >= 0.6 is 0 Å². The van der Waals surface area contributed by atoms with E-state index >= 15 is 0 Å². The Hall–Kier alpha value is -3.32. The van der Waals surface area contributed by atoms with Crippen LogP contribution in [0.5, 0.6) is 0 Å². The zero-order valence-corrected chi connectivity index (χ0v) is 21.0. The Balaban J connectivity index is 1.74. The first-order valence-electron chi connectivity index (χ1n) is 12.2. The van der Waals surface area contributed by atoms with Gasteiger partial charge < -0.3 is 9.47 Å². The van der Waals surface area contributed by atoms with E-state index in [1.807, 2.05) is 20.8 Å². The molecular formula is C26H31F3N6O. The number of halogens is 3. The first kappa shape index (κ1) is 25.8. The monoisotopic (exact) mass is 500 g/mol. The lowest BCUT2D eigenvalue weighted by Crippen LogP contribution is -2.59. The summed E-state index contributed by atoms with van der Waals surface area (Å²) in [6.45, 7) is 7.10. The van der Waals surface area contributed by atoms with E-state index in [0.29, 0.717) is 29.8 Å². The molecule has 1 aliphatic heterocycles. The molecule has 1 aliphatic rings. The predicted molar refractivity (Wildman–Crippen MR) is 133 cm³/mol. The number of piperazine rings is 1. The predicted octanol–water partition coefficient (Wildman–Crippen LogP) is 4.72. The Morgan fingerprint density at radius 1 is 1.17 bits per heavy atom. The minimum Gasteiger partial charge on any atom is -0.364 e. The fraction of sp³-hybridized carbons (Fsp3) is 0.500. The summed E-state index contributed by atoms with van der Waals surface area (Å²) in [5, 5.41) is 13.7. The maximum absolute atomic E-state index is 13.8. The maximum Gasteiger partial charge on any atom is 0.416 e. The highest BCUT2D eigenvalue weighted by Crippen LogP contribution is 2.39. The number of hydrogen-bond donors (Lipinski definition) is 0. The van der Waals surface area contributed by atoms with E-state index < -0.39 is 17.8 Å². The van der Waals surface area contributed by atoms with Gasteiger partial charge in [0.2, 0.25) is 0 Å². The van der Waals surface area contributed by atoms with E-state index in [4.69, 9.17) is 5.26 Å². The van der Waals surface area contributed by atoms with E-state index in [1.54, 1.807) is 31.4 Å². The highest BCUT2D eigenvalue weighted by atomic mass is 19.4. The summed E-state index contributed by atoms with van der Waals surface area (Å²) in [5.41, 5.74) is 1.50. The number of anilines is 1. The van der Waals surface area contributed by atoms with Gasteiger partial charge in [-0.2, -0.15) is 23.5 Å². The number of aromatic nitrogens is 3. The standard InChI is InChI=1S/C26H31F3N6O/c1-5-18-15-35(22-13-24(36)32(4)23-16-33(12-11-30)31-25(22)23)19(6-2)14-34(18)17(3)20-9-7-8-10-21(20)26(27,28)29/h7-10,13,16-19H,5-6,12,14-15H2,1-4H3/t17-,18+,19-/m0/s1. The van der Waals surface area contributed by atoms with Gasteiger partial charge in [0.05, 0.1) is 29.0 Å². The number of aryl methyl sites for hydroxylation is 1. The van der Waals surface area contributed by atoms with Gasteiger partial charge >= 0.3 is 6.18 Å². The summed E-state index contributed by atoms with van der Waals surface area (Å²) < 4.78 is 44.4. The van der Waals surface area contributed by atoms with Crippen molar-refractivity contribution in [2.45, 2.75) is 64.5 Å². The molecule has 0 saturated carbocycles. The van der Waals surface area contributed by atoms with E-state index in [2.05, 4.69) is 21.0 Å². The van der Waals surface area contributed by atoms with Crippen LogP contribution in [0.25, 0.3) is 11.0 Å². The summed E-state index contributed by atoms with van der Waals surface area (Å²) >= 11 is 0. The maximum atomic E-state index is 13.8. The lowest BCUT2D eigenvalue weighted by Gasteiger charge is -2.49. The number of pyridine rings is 1. The van der Waals surface area contributed by atoms with Crippen molar-refractivity contribution in [3.05, 3.63) is 58.0 Å². The van der Waals surface area contributed by atoms with Crippen molar-refractivity contribution in [3.63, 3.8) is 0 Å². The molecule has 0 amide bonds. The van der Waals surface area contributed by atoms with E-state index in [9.17, 15) is 18.0 Å². The molecule has 1 fully saturated rings. The summed E-state index contributed by atoms with van der Waals surface area (Å²) in [6.07, 6.45) is -1.23. The molecule has 0 aliphatic carbocycles. The van der Waals surface area contributed by atoms with Gasteiger partial charge in [-0.05, 0) is 31.4 Å². The molecule has 1 saturated heterocycles. The highest BCUT2D eigenvalue weighted by Gasteiger charge is 2.40. The molecule has 0 unspecified atom stereocenters. The molecule has 4 rings (SSSR count). The second-order valence-corrected chi connectivity index (χ2v) is 9.38. The zero-order chi connectivity index (χ0) is 26.2. The molecule has 7 nitrogen and oxygen atoms in total. The molecule has 10 heteroatoms. The van der Waals surface area contributed by atoms with Crippen LogP contribution in [0.3, 0.4) is 0 Å². The topological polar surface area (TPSA) is 70.1 Å². The van der Waals surface area contributed by atoms with Crippen molar-refractivity contribution >= 4 is 16.7 Å². The number of nitriles is 1. The number of fused-ring (bicyclic) bond motifs is 1. The Morgan fingerprint density at radius 2 is 1.86 bits per heavy atom. The average Bonchev–Trinajstić information content (AvgIpc) is 3.29. The minimum atomic E-state index is -4.42. The Morgan fingerprint density at radius 3 is 2.50 bits per heavy atom. The molecule has 0 spiro atoms. The third kappa shape index (κ3) is 4.60. The normalized spacial score (nSPS) is 20.0. The number of alkyl halides is 3. The van der Waals surface area contributed by atoms with Crippen LogP contribution < -0.4 is 10.5 Å². The second-order valence-electron chi connectivity index (χ2n) is 9.38. The Labute approximate surface area is 208 Å². The summed E-state index contributed by atoms with van der Waals surface area (Å²) in [7, 11) is 1.68. The second kappa shape index (κ2) is 9.97.